The van der Waals surface area contributed by atoms with Crippen molar-refractivity contribution in [2.75, 3.05) is 23.3 Å². The standard InChI is InChI=1S/C22H23BrN8O2/c23-17-9-26-21-19(20(17)30-7-1-2-15(24)12-30)18(10-27-21)29-22(32)33-16-8-28-31(13-16)11-14-3-5-25-6-4-14/h3-6,8-10,13,15H,1-2,7,11-12,24H2,(H,26,27)(H,29,32)/t15-/m1/s1. The van der Waals surface area contributed by atoms with Crippen LogP contribution in [-0.4, -0.2) is 50.0 Å². The number of aromatic nitrogens is 5. The van der Waals surface area contributed by atoms with Crippen LogP contribution in [0.15, 0.2) is 53.8 Å². The van der Waals surface area contributed by atoms with E-state index in [0.717, 1.165) is 47.0 Å². The third kappa shape index (κ3) is 4.69. The van der Waals surface area contributed by atoms with Crippen LogP contribution in [0.3, 0.4) is 0 Å². The third-order valence-corrected chi connectivity index (χ3v) is 6.13. The topological polar surface area (TPSA) is 127 Å². The molecule has 1 aliphatic rings. The monoisotopic (exact) mass is 510 g/mol. The number of fused-ring (bicyclic) bond motifs is 1. The highest BCUT2D eigenvalue weighted by molar-refractivity contribution is 9.10. The fourth-order valence-electron chi connectivity index (χ4n) is 4.08. The molecule has 0 unspecified atom stereocenters. The van der Waals surface area contributed by atoms with Crippen LogP contribution in [0.5, 0.6) is 5.75 Å². The predicted molar refractivity (Wildman–Crippen MR) is 128 cm³/mol. The van der Waals surface area contributed by atoms with Crippen molar-refractivity contribution in [3.05, 3.63) is 59.3 Å². The molecule has 10 nitrogen and oxygen atoms in total. The molecule has 1 saturated heterocycles. The average molecular weight is 511 g/mol. The summed E-state index contributed by atoms with van der Waals surface area (Å²) in [5.41, 5.74) is 9.47. The average Bonchev–Trinajstić information content (AvgIpc) is 3.41. The maximum atomic E-state index is 12.7. The van der Waals surface area contributed by atoms with E-state index in [-0.39, 0.29) is 6.04 Å². The minimum Gasteiger partial charge on any atom is -0.407 e. The van der Waals surface area contributed by atoms with E-state index in [2.05, 4.69) is 46.2 Å². The van der Waals surface area contributed by atoms with E-state index < -0.39 is 6.09 Å². The quantitative estimate of drug-likeness (QED) is 0.374. The van der Waals surface area contributed by atoms with Gasteiger partial charge in [-0.25, -0.2) is 9.78 Å². The number of nitrogens with zero attached hydrogens (tertiary/aromatic N) is 5. The van der Waals surface area contributed by atoms with Crippen LogP contribution in [0.4, 0.5) is 16.2 Å². The molecule has 0 aromatic carbocycles. The van der Waals surface area contributed by atoms with Crippen molar-refractivity contribution in [1.29, 1.82) is 0 Å². The Bertz CT molecular complexity index is 1270. The molecule has 1 fully saturated rings. The van der Waals surface area contributed by atoms with Crippen LogP contribution in [-0.2, 0) is 6.54 Å². The number of ether oxygens (including phenoxy) is 1. The molecule has 5 heterocycles. The second kappa shape index (κ2) is 9.20. The van der Waals surface area contributed by atoms with Crippen LogP contribution in [0.1, 0.15) is 18.4 Å². The summed E-state index contributed by atoms with van der Waals surface area (Å²) in [7, 11) is 0. The number of hydrogen-bond donors (Lipinski definition) is 3. The summed E-state index contributed by atoms with van der Waals surface area (Å²) < 4.78 is 8.00. The lowest BCUT2D eigenvalue weighted by Crippen LogP contribution is -2.43. The van der Waals surface area contributed by atoms with Crippen molar-refractivity contribution in [1.82, 2.24) is 24.7 Å². The SMILES string of the molecule is N[C@@H]1CCCN(c2c(Br)cnc3[nH]cc(NC(=O)Oc4cnn(Cc5ccncc5)c4)c23)C1. The van der Waals surface area contributed by atoms with Crippen molar-refractivity contribution < 1.29 is 9.53 Å². The zero-order valence-corrected chi connectivity index (χ0v) is 19.3. The Morgan fingerprint density at radius 3 is 3.00 bits per heavy atom. The molecule has 4 N–H and O–H groups in total. The first-order valence-corrected chi connectivity index (χ1v) is 11.4. The lowest BCUT2D eigenvalue weighted by atomic mass is 10.1. The number of carbonyl (C=O) groups excluding carboxylic acids is 1. The number of pyridine rings is 2. The maximum absolute atomic E-state index is 12.7. The van der Waals surface area contributed by atoms with Crippen molar-refractivity contribution >= 4 is 44.4 Å². The number of hydrogen-bond acceptors (Lipinski definition) is 7. The largest absolute Gasteiger partial charge is 0.417 e. The molecule has 5 rings (SSSR count). The predicted octanol–water partition coefficient (Wildman–Crippen LogP) is 3.50. The molecule has 0 saturated carbocycles. The van der Waals surface area contributed by atoms with E-state index in [0.29, 0.717) is 23.6 Å². The number of nitrogens with two attached hydrogens (primary N) is 1. The molecule has 0 radical (unpaired) electrons. The van der Waals surface area contributed by atoms with E-state index >= 15 is 0 Å². The number of rotatable bonds is 5. The fraction of sp³-hybridized carbons (Fsp3) is 0.273. The van der Waals surface area contributed by atoms with Gasteiger partial charge in [0, 0.05) is 43.9 Å². The molecule has 11 heteroatoms. The minimum absolute atomic E-state index is 0.109. The van der Waals surface area contributed by atoms with Gasteiger partial charge in [0.15, 0.2) is 5.75 Å². The molecule has 33 heavy (non-hydrogen) atoms. The first-order chi connectivity index (χ1) is 16.1. The Morgan fingerprint density at radius 2 is 2.18 bits per heavy atom. The Labute approximate surface area is 198 Å². The van der Waals surface area contributed by atoms with Crippen LogP contribution in [0.2, 0.25) is 0 Å². The number of anilines is 2. The van der Waals surface area contributed by atoms with Gasteiger partial charge < -0.3 is 20.4 Å². The zero-order chi connectivity index (χ0) is 22.8. The van der Waals surface area contributed by atoms with E-state index in [1.54, 1.807) is 35.7 Å². The summed E-state index contributed by atoms with van der Waals surface area (Å²) >= 11 is 3.62. The van der Waals surface area contributed by atoms with Gasteiger partial charge in [-0.15, -0.1) is 0 Å². The lowest BCUT2D eigenvalue weighted by molar-refractivity contribution is 0.215. The fourth-order valence-corrected chi connectivity index (χ4v) is 4.63. The first kappa shape index (κ1) is 21.4. The summed E-state index contributed by atoms with van der Waals surface area (Å²) in [6.07, 6.45) is 11.5. The zero-order valence-electron chi connectivity index (χ0n) is 17.7. The number of nitrogens with one attached hydrogen (secondary N) is 2. The van der Waals surface area contributed by atoms with Gasteiger partial charge in [0.1, 0.15) is 5.65 Å². The van der Waals surface area contributed by atoms with Crippen molar-refractivity contribution in [2.45, 2.75) is 25.4 Å². The minimum atomic E-state index is -0.611. The van der Waals surface area contributed by atoms with E-state index in [1.165, 1.54) is 6.20 Å². The van der Waals surface area contributed by atoms with Gasteiger partial charge in [-0.05, 0) is 46.5 Å². The van der Waals surface area contributed by atoms with Crippen LogP contribution >= 0.6 is 15.9 Å². The highest BCUT2D eigenvalue weighted by atomic mass is 79.9. The molecule has 0 aliphatic carbocycles. The molecular weight excluding hydrogens is 488 g/mol. The number of carbonyl (C=O) groups is 1. The molecule has 1 atom stereocenters. The van der Waals surface area contributed by atoms with Gasteiger partial charge in [-0.1, -0.05) is 0 Å². The summed E-state index contributed by atoms with van der Waals surface area (Å²) in [6.45, 7) is 2.18. The van der Waals surface area contributed by atoms with Crippen LogP contribution in [0, 0.1) is 0 Å². The molecule has 0 spiro atoms. The molecule has 4 aromatic rings. The number of piperidine rings is 1. The second-order valence-corrected chi connectivity index (χ2v) is 8.83. The van der Waals surface area contributed by atoms with Gasteiger partial charge in [-0.2, -0.15) is 5.10 Å². The summed E-state index contributed by atoms with van der Waals surface area (Å²) in [6, 6.07) is 3.92. The van der Waals surface area contributed by atoms with E-state index in [4.69, 9.17) is 10.5 Å². The van der Waals surface area contributed by atoms with E-state index in [9.17, 15) is 4.79 Å². The van der Waals surface area contributed by atoms with Crippen LogP contribution < -0.4 is 20.7 Å². The molecule has 0 bridgehead atoms. The smallest absolute Gasteiger partial charge is 0.407 e. The van der Waals surface area contributed by atoms with Gasteiger partial charge >= 0.3 is 6.09 Å². The number of H-pyrrole nitrogens is 1. The Balaban J connectivity index is 1.33. The second-order valence-electron chi connectivity index (χ2n) is 7.97. The van der Waals surface area contributed by atoms with Gasteiger partial charge in [0.2, 0.25) is 0 Å². The Hall–Kier alpha value is -3.44. The summed E-state index contributed by atoms with van der Waals surface area (Å²) in [4.78, 5) is 26.5. The highest BCUT2D eigenvalue weighted by Crippen LogP contribution is 2.38. The molecule has 1 amide bonds. The summed E-state index contributed by atoms with van der Waals surface area (Å²) in [5.74, 6) is 0.350. The number of amides is 1. The van der Waals surface area contributed by atoms with Gasteiger partial charge in [-0.3, -0.25) is 15.0 Å². The molecule has 1 aliphatic heterocycles. The van der Waals surface area contributed by atoms with Crippen molar-refractivity contribution in [3.63, 3.8) is 0 Å². The highest BCUT2D eigenvalue weighted by Gasteiger charge is 2.24. The maximum Gasteiger partial charge on any atom is 0.417 e. The van der Waals surface area contributed by atoms with Gasteiger partial charge in [0.25, 0.3) is 0 Å². The molecule has 170 valence electrons. The third-order valence-electron chi connectivity index (χ3n) is 5.55. The molecule has 4 aromatic heterocycles. The Morgan fingerprint density at radius 1 is 1.33 bits per heavy atom. The number of halogens is 1. The van der Waals surface area contributed by atoms with Crippen LogP contribution in [0.25, 0.3) is 11.0 Å². The number of aromatic amines is 1. The van der Waals surface area contributed by atoms with Crippen molar-refractivity contribution in [3.8, 4) is 5.75 Å². The normalized spacial score (nSPS) is 16.2. The van der Waals surface area contributed by atoms with E-state index in [1.807, 2.05) is 12.1 Å². The molecular formula is C22H23BrN8O2. The first-order valence-electron chi connectivity index (χ1n) is 10.6. The Kier molecular flexibility index (Phi) is 5.97. The van der Waals surface area contributed by atoms with Gasteiger partial charge in [0.05, 0.1) is 40.2 Å². The summed E-state index contributed by atoms with van der Waals surface area (Å²) in [5, 5.41) is 7.90. The van der Waals surface area contributed by atoms with Crippen molar-refractivity contribution in [2.24, 2.45) is 5.73 Å². The lowest BCUT2D eigenvalue weighted by Gasteiger charge is -2.33.